The van der Waals surface area contributed by atoms with Gasteiger partial charge in [-0.05, 0) is 6.07 Å². The Bertz CT molecular complexity index is 521. The summed E-state index contributed by atoms with van der Waals surface area (Å²) in [4.78, 5) is 30.0. The largest absolute Gasteiger partial charge is 0.481 e. The number of benzene rings is 1. The van der Waals surface area contributed by atoms with Gasteiger partial charge in [-0.3, -0.25) is 25.0 Å². The van der Waals surface area contributed by atoms with Crippen molar-refractivity contribution in [3.8, 4) is 0 Å². The molecule has 0 atom stereocenters. The van der Waals surface area contributed by atoms with Gasteiger partial charge < -0.3 is 15.9 Å². The van der Waals surface area contributed by atoms with Crippen LogP contribution in [0.2, 0.25) is 0 Å². The van der Waals surface area contributed by atoms with Crippen LogP contribution in [0, 0.1) is 20.2 Å². The van der Waals surface area contributed by atoms with Gasteiger partial charge >= 0.3 is 5.97 Å². The fourth-order valence-electron chi connectivity index (χ4n) is 1.02. The average molecular weight is 319 g/mol. The van der Waals surface area contributed by atoms with Crippen LogP contribution in [0.3, 0.4) is 0 Å². The Labute approximate surface area is 122 Å². The molecule has 0 amide bonds. The molecule has 1 aromatic rings. The zero-order chi connectivity index (χ0) is 16.4. The molecule has 0 saturated heterocycles. The van der Waals surface area contributed by atoms with Gasteiger partial charge in [0.15, 0.2) is 0 Å². The van der Waals surface area contributed by atoms with E-state index in [1.807, 2.05) is 0 Å². The molecule has 0 aliphatic rings. The molecule has 1 rings (SSSR count). The molecule has 21 heavy (non-hydrogen) atoms. The van der Waals surface area contributed by atoms with E-state index < -0.39 is 27.2 Å². The van der Waals surface area contributed by atoms with Gasteiger partial charge in [-0.2, -0.15) is 0 Å². The van der Waals surface area contributed by atoms with Gasteiger partial charge in [0, 0.05) is 12.6 Å². The Kier molecular flexibility index (Phi) is 8.60. The van der Waals surface area contributed by atoms with Crippen LogP contribution in [-0.2, 0) is 4.79 Å². The molecule has 4 N–H and O–H groups in total. The summed E-state index contributed by atoms with van der Waals surface area (Å²) < 4.78 is 0. The molecule has 0 saturated carbocycles. The van der Waals surface area contributed by atoms with Gasteiger partial charge in [-0.1, -0.05) is 0 Å². The third-order valence-corrected chi connectivity index (χ3v) is 2.88. The number of carboxylic acid groups (broad SMARTS) is 1. The summed E-state index contributed by atoms with van der Waals surface area (Å²) in [7, 11) is 0. The van der Waals surface area contributed by atoms with Crippen molar-refractivity contribution in [2.45, 2.75) is 4.90 Å². The number of hydrogen-bond donors (Lipinski definition) is 3. The predicted molar refractivity (Wildman–Crippen MR) is 74.3 cm³/mol. The first-order valence-corrected chi connectivity index (χ1v) is 6.40. The first-order chi connectivity index (χ1) is 9.83. The van der Waals surface area contributed by atoms with E-state index in [1.54, 1.807) is 0 Å². The minimum Gasteiger partial charge on any atom is -0.481 e. The average Bonchev–Trinajstić information content (AvgIpc) is 2.44. The highest BCUT2D eigenvalue weighted by molar-refractivity contribution is 8.00. The highest BCUT2D eigenvalue weighted by Crippen LogP contribution is 2.32. The number of hydrogen-bond acceptors (Lipinski definition) is 8. The van der Waals surface area contributed by atoms with E-state index >= 15 is 0 Å². The molecule has 0 aliphatic carbocycles. The van der Waals surface area contributed by atoms with E-state index in [-0.39, 0.29) is 17.3 Å². The van der Waals surface area contributed by atoms with Crippen molar-refractivity contribution >= 4 is 29.1 Å². The first-order valence-electron chi connectivity index (χ1n) is 5.41. The minimum absolute atomic E-state index is 0.0861. The quantitative estimate of drug-likeness (QED) is 0.386. The summed E-state index contributed by atoms with van der Waals surface area (Å²) in [5, 5.41) is 37.3. The molecular weight excluding hydrogens is 306 g/mol. The Balaban J connectivity index is 0.000000885. The second kappa shape index (κ2) is 9.63. The lowest BCUT2D eigenvalue weighted by atomic mass is 10.3. The topological polar surface area (TPSA) is 170 Å². The van der Waals surface area contributed by atoms with Crippen molar-refractivity contribution in [1.29, 1.82) is 0 Å². The molecule has 0 aliphatic heterocycles. The van der Waals surface area contributed by atoms with Crippen molar-refractivity contribution in [3.63, 3.8) is 0 Å². The van der Waals surface area contributed by atoms with Gasteiger partial charge in [0.05, 0.1) is 33.2 Å². The highest BCUT2D eigenvalue weighted by Gasteiger charge is 2.20. The second-order valence-corrected chi connectivity index (χ2v) is 4.38. The number of aliphatic hydroxyl groups excluding tert-OH is 1. The minimum atomic E-state index is -1.12. The highest BCUT2D eigenvalue weighted by atomic mass is 32.2. The molecule has 0 fully saturated rings. The van der Waals surface area contributed by atoms with Crippen LogP contribution in [-0.4, -0.2) is 44.9 Å². The maximum atomic E-state index is 10.7. The maximum absolute atomic E-state index is 10.7. The van der Waals surface area contributed by atoms with Gasteiger partial charge in [0.2, 0.25) is 0 Å². The summed E-state index contributed by atoms with van der Waals surface area (Å²) in [5.74, 6) is -1.47. The fourth-order valence-corrected chi connectivity index (χ4v) is 1.75. The number of nitrogens with zero attached hydrogens (tertiary/aromatic N) is 2. The fraction of sp³-hybridized carbons (Fsp3) is 0.300. The lowest BCUT2D eigenvalue weighted by Crippen LogP contribution is -2.02. The van der Waals surface area contributed by atoms with Gasteiger partial charge in [-0.25, -0.2) is 0 Å². The first kappa shape index (κ1) is 18.8. The lowest BCUT2D eigenvalue weighted by molar-refractivity contribution is -0.396. The smallest absolute Gasteiger partial charge is 0.313 e. The number of aliphatic carboxylic acids is 1. The second-order valence-electron chi connectivity index (χ2n) is 3.36. The Morgan fingerprint density at radius 1 is 1.29 bits per heavy atom. The monoisotopic (exact) mass is 319 g/mol. The molecule has 11 heteroatoms. The number of nitrogens with two attached hydrogens (primary N) is 1. The van der Waals surface area contributed by atoms with Crippen LogP contribution in [0.4, 0.5) is 11.4 Å². The number of carbonyl (C=O) groups is 1. The van der Waals surface area contributed by atoms with Crippen LogP contribution in [0.25, 0.3) is 0 Å². The Morgan fingerprint density at radius 2 is 1.86 bits per heavy atom. The third-order valence-electron chi connectivity index (χ3n) is 1.83. The number of non-ortho nitro benzene ring substituents is 1. The van der Waals surface area contributed by atoms with Crippen LogP contribution < -0.4 is 5.73 Å². The van der Waals surface area contributed by atoms with Crippen molar-refractivity contribution < 1.29 is 24.9 Å². The third kappa shape index (κ3) is 7.20. The van der Waals surface area contributed by atoms with Gasteiger partial charge in [-0.15, -0.1) is 11.8 Å². The predicted octanol–water partition coefficient (Wildman–Crippen LogP) is 0.617. The number of thioether (sulfide) groups is 1. The molecule has 0 bridgehead atoms. The lowest BCUT2D eigenvalue weighted by Gasteiger charge is -2.00. The van der Waals surface area contributed by atoms with E-state index in [9.17, 15) is 25.0 Å². The Hall–Kier alpha value is -2.24. The summed E-state index contributed by atoms with van der Waals surface area (Å²) in [6.07, 6.45) is 0. The molecular formula is C10H13N3O7S. The molecule has 0 heterocycles. The van der Waals surface area contributed by atoms with Crippen molar-refractivity contribution in [2.24, 2.45) is 5.73 Å². The standard InChI is InChI=1S/C8H6N2O6S.C2H7NO/c11-8(12)4-17-7-2-1-5(9(13)14)3-6(7)10(15)16;3-1-2-4/h1-3H,4H2,(H,11,12);4H,1-3H2. The number of carboxylic acids is 1. The molecule has 0 unspecified atom stereocenters. The molecule has 116 valence electrons. The molecule has 0 radical (unpaired) electrons. The molecule has 1 aromatic carbocycles. The van der Waals surface area contributed by atoms with Crippen molar-refractivity contribution in [2.75, 3.05) is 18.9 Å². The Morgan fingerprint density at radius 3 is 2.24 bits per heavy atom. The normalized spacial score (nSPS) is 9.43. The van der Waals surface area contributed by atoms with E-state index in [4.69, 9.17) is 15.9 Å². The van der Waals surface area contributed by atoms with Crippen LogP contribution in [0.1, 0.15) is 0 Å². The maximum Gasteiger partial charge on any atom is 0.313 e. The van der Waals surface area contributed by atoms with E-state index in [2.05, 4.69) is 0 Å². The SMILES string of the molecule is NCCO.O=C(O)CSc1ccc([N+](=O)[O-])cc1[N+](=O)[O-]. The van der Waals surface area contributed by atoms with Gasteiger partial charge in [0.1, 0.15) is 0 Å². The number of nitro groups is 2. The zero-order valence-corrected chi connectivity index (χ0v) is 11.5. The summed E-state index contributed by atoms with van der Waals surface area (Å²) in [6.45, 7) is 0.472. The summed E-state index contributed by atoms with van der Waals surface area (Å²) in [6, 6.07) is 3.07. The number of aliphatic hydroxyl groups is 1. The van der Waals surface area contributed by atoms with Crippen molar-refractivity contribution in [3.05, 3.63) is 38.4 Å². The van der Waals surface area contributed by atoms with E-state index in [0.29, 0.717) is 6.54 Å². The number of rotatable bonds is 6. The van der Waals surface area contributed by atoms with Crippen LogP contribution >= 0.6 is 11.8 Å². The molecule has 0 spiro atoms. The van der Waals surface area contributed by atoms with E-state index in [1.165, 1.54) is 6.07 Å². The number of nitro benzene ring substituents is 2. The van der Waals surface area contributed by atoms with Crippen molar-refractivity contribution in [1.82, 2.24) is 0 Å². The van der Waals surface area contributed by atoms with Gasteiger partial charge in [0.25, 0.3) is 11.4 Å². The van der Waals surface area contributed by atoms with E-state index in [0.717, 1.165) is 23.9 Å². The molecule has 0 aromatic heterocycles. The molecule has 10 nitrogen and oxygen atoms in total. The van der Waals surface area contributed by atoms with Crippen LogP contribution in [0.15, 0.2) is 23.1 Å². The summed E-state index contributed by atoms with van der Waals surface area (Å²) >= 11 is 0.740. The summed E-state index contributed by atoms with van der Waals surface area (Å²) in [5.41, 5.74) is 3.90. The zero-order valence-electron chi connectivity index (χ0n) is 10.7. The van der Waals surface area contributed by atoms with Crippen LogP contribution in [0.5, 0.6) is 0 Å².